The van der Waals surface area contributed by atoms with Crippen LogP contribution in [0.15, 0.2) is 18.2 Å². The van der Waals surface area contributed by atoms with E-state index in [0.29, 0.717) is 6.07 Å². The van der Waals surface area contributed by atoms with E-state index in [2.05, 4.69) is 5.32 Å². The molecule has 0 bridgehead atoms. The number of carbonyl (C=O) groups excluding carboxylic acids is 1. The minimum atomic E-state index is -0.919. The topological polar surface area (TPSA) is 49.3 Å². The second kappa shape index (κ2) is 4.84. The lowest BCUT2D eigenvalue weighted by Gasteiger charge is -2.10. The van der Waals surface area contributed by atoms with Gasteiger partial charge >= 0.3 is 0 Å². The average Bonchev–Trinajstić information content (AvgIpc) is 2.17. The molecule has 2 N–H and O–H groups in total. The summed E-state index contributed by atoms with van der Waals surface area (Å²) in [7, 11) is 0. The standard InChI is InChI=1S/C10H11F2NO2/c1-6(5-14)13-10(15)8-3-2-7(11)4-9(8)12/h2-4,6,14H,5H2,1H3,(H,13,15)/t6-/m1/s1. The van der Waals surface area contributed by atoms with Crippen molar-refractivity contribution in [2.75, 3.05) is 6.61 Å². The highest BCUT2D eigenvalue weighted by molar-refractivity contribution is 5.94. The van der Waals surface area contributed by atoms with Gasteiger partial charge in [0.2, 0.25) is 0 Å². The molecule has 0 aliphatic heterocycles. The Morgan fingerprint density at radius 1 is 1.53 bits per heavy atom. The summed E-state index contributed by atoms with van der Waals surface area (Å²) in [5, 5.41) is 11.0. The van der Waals surface area contributed by atoms with E-state index in [9.17, 15) is 13.6 Å². The van der Waals surface area contributed by atoms with Gasteiger partial charge in [-0.05, 0) is 19.1 Å². The first-order chi connectivity index (χ1) is 7.04. The second-order valence-electron chi connectivity index (χ2n) is 3.18. The number of rotatable bonds is 3. The second-order valence-corrected chi connectivity index (χ2v) is 3.18. The van der Waals surface area contributed by atoms with Gasteiger partial charge in [-0.25, -0.2) is 8.78 Å². The van der Waals surface area contributed by atoms with Crippen LogP contribution < -0.4 is 5.32 Å². The van der Waals surface area contributed by atoms with Crippen molar-refractivity contribution in [1.82, 2.24) is 5.32 Å². The Morgan fingerprint density at radius 2 is 2.20 bits per heavy atom. The first-order valence-corrected chi connectivity index (χ1v) is 4.41. The fourth-order valence-corrected chi connectivity index (χ4v) is 1.02. The number of nitrogens with one attached hydrogen (secondary N) is 1. The SMILES string of the molecule is C[C@H](CO)NC(=O)c1ccc(F)cc1F. The molecule has 0 heterocycles. The van der Waals surface area contributed by atoms with E-state index in [1.54, 1.807) is 6.92 Å². The molecular weight excluding hydrogens is 204 g/mol. The number of hydrogen-bond acceptors (Lipinski definition) is 2. The summed E-state index contributed by atoms with van der Waals surface area (Å²) < 4.78 is 25.6. The van der Waals surface area contributed by atoms with Gasteiger partial charge in [0.15, 0.2) is 0 Å². The molecule has 1 atom stereocenters. The van der Waals surface area contributed by atoms with Gasteiger partial charge < -0.3 is 10.4 Å². The van der Waals surface area contributed by atoms with Crippen molar-refractivity contribution in [3.05, 3.63) is 35.4 Å². The molecule has 82 valence electrons. The molecule has 1 aromatic rings. The van der Waals surface area contributed by atoms with Crippen molar-refractivity contribution in [3.63, 3.8) is 0 Å². The maximum atomic E-state index is 13.1. The first kappa shape index (κ1) is 11.6. The van der Waals surface area contributed by atoms with Gasteiger partial charge in [-0.3, -0.25) is 4.79 Å². The third-order valence-electron chi connectivity index (χ3n) is 1.83. The predicted molar refractivity (Wildman–Crippen MR) is 50.4 cm³/mol. The molecule has 0 saturated carbocycles. The van der Waals surface area contributed by atoms with Crippen LogP contribution in [0.3, 0.4) is 0 Å². The lowest BCUT2D eigenvalue weighted by molar-refractivity contribution is 0.0918. The summed E-state index contributed by atoms with van der Waals surface area (Å²) in [6.45, 7) is 1.33. The fraction of sp³-hybridized carbons (Fsp3) is 0.300. The van der Waals surface area contributed by atoms with Gasteiger partial charge in [0, 0.05) is 12.1 Å². The van der Waals surface area contributed by atoms with E-state index in [1.807, 2.05) is 0 Å². The molecule has 0 aliphatic carbocycles. The zero-order chi connectivity index (χ0) is 11.4. The summed E-state index contributed by atoms with van der Waals surface area (Å²) >= 11 is 0. The number of carbonyl (C=O) groups is 1. The molecule has 0 fully saturated rings. The number of halogens is 2. The number of aliphatic hydroxyl groups excluding tert-OH is 1. The largest absolute Gasteiger partial charge is 0.394 e. The van der Waals surface area contributed by atoms with E-state index < -0.39 is 23.6 Å². The normalized spacial score (nSPS) is 12.3. The maximum Gasteiger partial charge on any atom is 0.254 e. The molecule has 1 amide bonds. The number of benzene rings is 1. The van der Waals surface area contributed by atoms with Gasteiger partial charge in [-0.2, -0.15) is 0 Å². The summed E-state index contributed by atoms with van der Waals surface area (Å²) in [6.07, 6.45) is 0. The van der Waals surface area contributed by atoms with Crippen molar-refractivity contribution >= 4 is 5.91 Å². The summed E-state index contributed by atoms with van der Waals surface area (Å²) in [5.74, 6) is -2.33. The van der Waals surface area contributed by atoms with Gasteiger partial charge in [0.25, 0.3) is 5.91 Å². The zero-order valence-corrected chi connectivity index (χ0v) is 8.13. The van der Waals surface area contributed by atoms with Gasteiger partial charge in [0.1, 0.15) is 11.6 Å². The Kier molecular flexibility index (Phi) is 3.74. The molecular formula is C10H11F2NO2. The van der Waals surface area contributed by atoms with E-state index in [0.717, 1.165) is 12.1 Å². The highest BCUT2D eigenvalue weighted by Gasteiger charge is 2.13. The van der Waals surface area contributed by atoms with Crippen LogP contribution in [0.25, 0.3) is 0 Å². The Labute approximate surface area is 85.7 Å². The average molecular weight is 215 g/mol. The van der Waals surface area contributed by atoms with Gasteiger partial charge in [0.05, 0.1) is 12.2 Å². The Morgan fingerprint density at radius 3 is 2.73 bits per heavy atom. The van der Waals surface area contributed by atoms with Crippen LogP contribution in [0.2, 0.25) is 0 Å². The Bertz CT molecular complexity index is 368. The minimum Gasteiger partial charge on any atom is -0.394 e. The lowest BCUT2D eigenvalue weighted by Crippen LogP contribution is -2.35. The molecule has 0 aromatic heterocycles. The fourth-order valence-electron chi connectivity index (χ4n) is 1.02. The van der Waals surface area contributed by atoms with Gasteiger partial charge in [-0.1, -0.05) is 0 Å². The van der Waals surface area contributed by atoms with Crippen LogP contribution in [0.5, 0.6) is 0 Å². The number of amides is 1. The zero-order valence-electron chi connectivity index (χ0n) is 8.13. The van der Waals surface area contributed by atoms with E-state index in [1.165, 1.54) is 0 Å². The van der Waals surface area contributed by atoms with Crippen LogP contribution >= 0.6 is 0 Å². The van der Waals surface area contributed by atoms with E-state index in [-0.39, 0.29) is 12.2 Å². The third-order valence-corrected chi connectivity index (χ3v) is 1.83. The molecule has 1 aromatic carbocycles. The third kappa shape index (κ3) is 2.99. The molecule has 0 unspecified atom stereocenters. The highest BCUT2D eigenvalue weighted by atomic mass is 19.1. The molecule has 0 spiro atoms. The monoisotopic (exact) mass is 215 g/mol. The summed E-state index contributed by atoms with van der Waals surface area (Å²) in [6, 6.07) is 2.23. The van der Waals surface area contributed by atoms with Crippen LogP contribution in [0, 0.1) is 11.6 Å². The van der Waals surface area contributed by atoms with Crippen molar-refractivity contribution in [2.45, 2.75) is 13.0 Å². The van der Waals surface area contributed by atoms with Crippen LogP contribution in [-0.4, -0.2) is 23.7 Å². The Hall–Kier alpha value is -1.49. The first-order valence-electron chi connectivity index (χ1n) is 4.41. The number of aliphatic hydroxyl groups is 1. The van der Waals surface area contributed by atoms with E-state index in [4.69, 9.17) is 5.11 Å². The molecule has 5 heteroatoms. The minimum absolute atomic E-state index is 0.239. The molecule has 15 heavy (non-hydrogen) atoms. The number of hydrogen-bond donors (Lipinski definition) is 2. The predicted octanol–water partition coefficient (Wildman–Crippen LogP) is 1.08. The molecule has 0 radical (unpaired) electrons. The molecule has 0 saturated heterocycles. The van der Waals surface area contributed by atoms with Crippen molar-refractivity contribution < 1.29 is 18.7 Å². The maximum absolute atomic E-state index is 13.1. The Balaban J connectivity index is 2.82. The summed E-state index contributed by atoms with van der Waals surface area (Å²) in [5.41, 5.74) is -0.239. The van der Waals surface area contributed by atoms with Gasteiger partial charge in [-0.15, -0.1) is 0 Å². The molecule has 0 aliphatic rings. The van der Waals surface area contributed by atoms with Crippen LogP contribution in [0.1, 0.15) is 17.3 Å². The smallest absolute Gasteiger partial charge is 0.254 e. The van der Waals surface area contributed by atoms with Crippen molar-refractivity contribution in [3.8, 4) is 0 Å². The quantitative estimate of drug-likeness (QED) is 0.792. The molecule has 3 nitrogen and oxygen atoms in total. The van der Waals surface area contributed by atoms with E-state index >= 15 is 0 Å². The van der Waals surface area contributed by atoms with Crippen LogP contribution in [0.4, 0.5) is 8.78 Å². The lowest BCUT2D eigenvalue weighted by atomic mass is 10.2. The molecule has 1 rings (SSSR count). The van der Waals surface area contributed by atoms with Crippen molar-refractivity contribution in [1.29, 1.82) is 0 Å². The summed E-state index contributed by atoms with van der Waals surface area (Å²) in [4.78, 5) is 11.4. The van der Waals surface area contributed by atoms with Crippen LogP contribution in [-0.2, 0) is 0 Å². The van der Waals surface area contributed by atoms with Crippen molar-refractivity contribution in [2.24, 2.45) is 0 Å². The highest BCUT2D eigenvalue weighted by Crippen LogP contribution is 2.09.